The molecular weight excluding hydrogens is 641 g/mol. The molecule has 0 aliphatic heterocycles. The fourth-order valence-corrected chi connectivity index (χ4v) is 5.37. The second kappa shape index (κ2) is 19.7. The summed E-state index contributed by atoms with van der Waals surface area (Å²) in [5.74, 6) is -1.67. The molecule has 0 aliphatic rings. The van der Waals surface area contributed by atoms with Crippen molar-refractivity contribution in [3.63, 3.8) is 0 Å². The molecule has 0 aliphatic carbocycles. The van der Waals surface area contributed by atoms with Crippen molar-refractivity contribution in [2.24, 2.45) is 0 Å². The average molecular weight is 665 g/mol. The predicted octanol–water partition coefficient (Wildman–Crippen LogP) is 1.91. The Bertz CT molecular complexity index is 206. The number of rotatable bonds is 7. The van der Waals surface area contributed by atoms with E-state index in [1.165, 1.54) is 7.86 Å². The molecule has 112 valence electrons. The van der Waals surface area contributed by atoms with Crippen molar-refractivity contribution < 1.29 is 81.5 Å². The zero-order valence-electron chi connectivity index (χ0n) is 12.9. The Morgan fingerprint density at radius 3 is 1.20 bits per heavy atom. The molecule has 0 aromatic heterocycles. The van der Waals surface area contributed by atoms with Crippen LogP contribution in [0.2, 0.25) is 7.86 Å². The van der Waals surface area contributed by atoms with Gasteiger partial charge in [0.05, 0.1) is 0 Å². The van der Waals surface area contributed by atoms with Gasteiger partial charge in [0.1, 0.15) is 0 Å². The molecule has 6 nitrogen and oxygen atoms in total. The molecule has 0 spiro atoms. The number of carbonyl (C=O) groups is 2. The topological polar surface area (TPSA) is 93.1 Å². The second-order valence-electron chi connectivity index (χ2n) is 3.60. The van der Waals surface area contributed by atoms with E-state index >= 15 is 0 Å². The van der Waals surface area contributed by atoms with E-state index in [9.17, 15) is 0 Å². The Morgan fingerprint density at radius 2 is 1.10 bits per heavy atom. The second-order valence-corrected chi connectivity index (χ2v) is 8.09. The van der Waals surface area contributed by atoms with Crippen LogP contribution in [0.15, 0.2) is 0 Å². The van der Waals surface area contributed by atoms with Crippen LogP contribution in [0.3, 0.4) is 0 Å². The van der Waals surface area contributed by atoms with Gasteiger partial charge in [-0.15, -0.1) is 0 Å². The van der Waals surface area contributed by atoms with E-state index in [1.807, 2.05) is 0 Å². The summed E-state index contributed by atoms with van der Waals surface area (Å²) >= 11 is 1.67. The van der Waals surface area contributed by atoms with Crippen molar-refractivity contribution in [1.29, 1.82) is 0 Å². The van der Waals surface area contributed by atoms with E-state index in [2.05, 4.69) is 13.8 Å². The molecule has 2 atom stereocenters. The van der Waals surface area contributed by atoms with Crippen LogP contribution in [0.5, 0.6) is 0 Å². The molecule has 0 saturated heterocycles. The van der Waals surface area contributed by atoms with Crippen molar-refractivity contribution in [3.8, 4) is 0 Å². The van der Waals surface area contributed by atoms with Gasteiger partial charge in [-0.3, -0.25) is 9.59 Å². The molecule has 0 rings (SSSR count). The maximum absolute atomic E-state index is 9.00. The molecule has 0 fully saturated rings. The fourth-order valence-electron chi connectivity index (χ4n) is 1.18. The Labute approximate surface area is 153 Å². The molecule has 2 N–H and O–H groups in total. The first kappa shape index (κ1) is 25.7. The van der Waals surface area contributed by atoms with Gasteiger partial charge in [0.25, 0.3) is 11.9 Å². The van der Waals surface area contributed by atoms with Crippen LogP contribution in [-0.4, -0.2) is 47.6 Å². The number of carboxylic acid groups (broad SMARTS) is 2. The van der Waals surface area contributed by atoms with Gasteiger partial charge in [0, 0.05) is 13.8 Å². The minimum atomic E-state index is -0.833. The zero-order chi connectivity index (χ0) is 16.6. The van der Waals surface area contributed by atoms with Gasteiger partial charge in [0.2, 0.25) is 0 Å². The summed E-state index contributed by atoms with van der Waals surface area (Å²) < 4.78 is 13.8. The SMILES string of the molecule is CC(=O)O.CC(=O)O.CCOC([CH2][Hg])C([CH2][Hg])OCC. The Kier molecular flexibility index (Phi) is 25.3. The van der Waals surface area contributed by atoms with Crippen molar-refractivity contribution in [2.75, 3.05) is 13.2 Å². The standard InChI is InChI=1S/C8H16O2.2C2H4O2.2Hg/c1-5-9-7(3)8(4)10-6-2;2*1-2(3)4;;/h7-8H,3-6H2,1-2H3;2*1H3,(H,3,4);;. The summed E-state index contributed by atoms with van der Waals surface area (Å²) in [7, 11) is 0. The van der Waals surface area contributed by atoms with E-state index in [0.29, 0.717) is 12.2 Å². The first-order valence-electron chi connectivity index (χ1n) is 6.47. The van der Waals surface area contributed by atoms with Crippen LogP contribution >= 0.6 is 0 Å². The Balaban J connectivity index is -0.000000297. The van der Waals surface area contributed by atoms with Gasteiger partial charge in [0.15, 0.2) is 0 Å². The molecule has 0 aromatic rings. The number of ether oxygens (including phenoxy) is 2. The van der Waals surface area contributed by atoms with Crippen molar-refractivity contribution in [2.45, 2.75) is 47.8 Å². The predicted molar refractivity (Wildman–Crippen MR) is 67.1 cm³/mol. The minimum absolute atomic E-state index is 0.413. The van der Waals surface area contributed by atoms with Gasteiger partial charge in [-0.05, 0) is 0 Å². The van der Waals surface area contributed by atoms with E-state index < -0.39 is 11.9 Å². The normalized spacial score (nSPS) is 12.2. The molecule has 0 bridgehead atoms. The van der Waals surface area contributed by atoms with E-state index in [-0.39, 0.29) is 0 Å². The molecule has 0 heterocycles. The number of carboxylic acids is 2. The van der Waals surface area contributed by atoms with Gasteiger partial charge in [-0.25, -0.2) is 0 Å². The summed E-state index contributed by atoms with van der Waals surface area (Å²) in [6, 6.07) is 0. The Morgan fingerprint density at radius 1 is 0.900 bits per heavy atom. The van der Waals surface area contributed by atoms with Crippen LogP contribution < -0.4 is 0 Å². The average Bonchev–Trinajstić information content (AvgIpc) is 2.32. The van der Waals surface area contributed by atoms with Gasteiger partial charge in [-0.1, -0.05) is 0 Å². The fraction of sp³-hybridized carbons (Fsp3) is 0.833. The maximum atomic E-state index is 9.00. The van der Waals surface area contributed by atoms with Gasteiger partial charge in [-0.2, -0.15) is 0 Å². The number of hydrogen-bond donors (Lipinski definition) is 2. The number of aliphatic carboxylic acids is 2. The molecule has 0 saturated carbocycles. The van der Waals surface area contributed by atoms with Gasteiger partial charge >= 0.3 is 109 Å². The Hall–Kier alpha value is 0.730. The third kappa shape index (κ3) is 27.1. The van der Waals surface area contributed by atoms with Gasteiger partial charge < -0.3 is 10.2 Å². The first-order valence-corrected chi connectivity index (χ1v) is 14.2. The molecule has 0 radical (unpaired) electrons. The molecule has 20 heavy (non-hydrogen) atoms. The number of hydrogen-bond acceptors (Lipinski definition) is 4. The van der Waals surface area contributed by atoms with Crippen LogP contribution in [0, 0.1) is 0 Å². The molecule has 0 aromatic carbocycles. The first-order chi connectivity index (χ1) is 9.26. The van der Waals surface area contributed by atoms with Crippen LogP contribution in [0.25, 0.3) is 0 Å². The summed E-state index contributed by atoms with van der Waals surface area (Å²) in [5, 5.41) is 14.8. The summed E-state index contributed by atoms with van der Waals surface area (Å²) in [5.41, 5.74) is 0. The van der Waals surface area contributed by atoms with Crippen LogP contribution in [0.1, 0.15) is 27.7 Å². The quantitative estimate of drug-likeness (QED) is 0.404. The third-order valence-electron chi connectivity index (χ3n) is 1.75. The molecular formula is C12H24Hg2O6. The van der Waals surface area contributed by atoms with Crippen LogP contribution in [-0.2, 0) is 71.3 Å². The molecule has 8 heteroatoms. The monoisotopic (exact) mass is 668 g/mol. The molecule has 0 amide bonds. The summed E-state index contributed by atoms with van der Waals surface area (Å²) in [4.78, 5) is 18.0. The van der Waals surface area contributed by atoms with Crippen molar-refractivity contribution in [1.82, 2.24) is 0 Å². The van der Waals surface area contributed by atoms with Crippen LogP contribution in [0.4, 0.5) is 0 Å². The third-order valence-corrected chi connectivity index (χ3v) is 6.17. The molecule has 2 unspecified atom stereocenters. The zero-order valence-corrected chi connectivity index (χ0v) is 23.9. The van der Waals surface area contributed by atoms with E-state index in [4.69, 9.17) is 29.3 Å². The van der Waals surface area contributed by atoms with E-state index in [0.717, 1.165) is 79.3 Å². The van der Waals surface area contributed by atoms with Crippen molar-refractivity contribution in [3.05, 3.63) is 0 Å². The van der Waals surface area contributed by atoms with E-state index in [1.54, 1.807) is 0 Å². The summed E-state index contributed by atoms with van der Waals surface area (Å²) in [6.45, 7) is 7.96. The van der Waals surface area contributed by atoms with Crippen molar-refractivity contribution >= 4 is 11.9 Å². The summed E-state index contributed by atoms with van der Waals surface area (Å²) in [6.07, 6.45) is 0.826.